The van der Waals surface area contributed by atoms with Gasteiger partial charge in [-0.2, -0.15) is 4.98 Å². The van der Waals surface area contributed by atoms with Gasteiger partial charge in [0.15, 0.2) is 0 Å². The fourth-order valence-electron chi connectivity index (χ4n) is 1.65. The van der Waals surface area contributed by atoms with Crippen LogP contribution in [0.1, 0.15) is 5.69 Å². The van der Waals surface area contributed by atoms with Crippen LogP contribution in [0.2, 0.25) is 0 Å². The maximum atomic E-state index is 11.1. The predicted octanol–water partition coefficient (Wildman–Crippen LogP) is -0.279. The molecular formula is C10H17N5O4. The number of ether oxygens (including phenoxy) is 1. The third-order valence-corrected chi connectivity index (χ3v) is 2.47. The Balaban J connectivity index is 3.22. The number of methoxy groups -OCH3 is 1. The van der Waals surface area contributed by atoms with E-state index in [1.54, 1.807) is 4.90 Å². The normalized spacial score (nSPS) is 10.5. The van der Waals surface area contributed by atoms with Crippen molar-refractivity contribution in [1.29, 1.82) is 0 Å². The molecule has 0 amide bonds. The van der Waals surface area contributed by atoms with Crippen LogP contribution in [0.3, 0.4) is 0 Å². The van der Waals surface area contributed by atoms with Gasteiger partial charge in [-0.1, -0.05) is 0 Å². The second kappa shape index (κ2) is 6.81. The number of nitrogens with zero attached hydrogens (tertiary/aromatic N) is 4. The molecule has 3 N–H and O–H groups in total. The van der Waals surface area contributed by atoms with Gasteiger partial charge in [0.2, 0.25) is 11.8 Å². The minimum atomic E-state index is -0.554. The Hall–Kier alpha value is -2.00. The van der Waals surface area contributed by atoms with Crippen molar-refractivity contribution < 1.29 is 14.8 Å². The molecule has 106 valence electrons. The minimum Gasteiger partial charge on any atom is -0.395 e. The highest BCUT2D eigenvalue weighted by Gasteiger charge is 2.25. The quantitative estimate of drug-likeness (QED) is 0.512. The molecule has 0 saturated carbocycles. The second-order valence-electron chi connectivity index (χ2n) is 3.80. The van der Waals surface area contributed by atoms with Gasteiger partial charge >= 0.3 is 5.69 Å². The van der Waals surface area contributed by atoms with E-state index in [0.29, 0.717) is 13.2 Å². The monoisotopic (exact) mass is 271 g/mol. The molecule has 0 atom stereocenters. The van der Waals surface area contributed by atoms with Crippen molar-refractivity contribution in [3.8, 4) is 0 Å². The van der Waals surface area contributed by atoms with Crippen LogP contribution in [-0.2, 0) is 4.74 Å². The fourth-order valence-corrected chi connectivity index (χ4v) is 1.65. The summed E-state index contributed by atoms with van der Waals surface area (Å²) in [4.78, 5) is 19.8. The van der Waals surface area contributed by atoms with Crippen molar-refractivity contribution in [2.45, 2.75) is 6.92 Å². The van der Waals surface area contributed by atoms with Crippen LogP contribution in [0.25, 0.3) is 0 Å². The summed E-state index contributed by atoms with van der Waals surface area (Å²) in [6.07, 6.45) is 0. The van der Waals surface area contributed by atoms with Crippen LogP contribution in [0.5, 0.6) is 0 Å². The summed E-state index contributed by atoms with van der Waals surface area (Å²) in [5.41, 5.74) is 5.50. The Morgan fingerprint density at radius 1 is 1.47 bits per heavy atom. The molecule has 1 heterocycles. The number of aryl methyl sites for hydroxylation is 1. The van der Waals surface area contributed by atoms with Gasteiger partial charge in [-0.25, -0.2) is 4.98 Å². The first-order chi connectivity index (χ1) is 9.01. The Bertz CT molecular complexity index is 454. The first-order valence-electron chi connectivity index (χ1n) is 5.64. The first kappa shape index (κ1) is 15.1. The lowest BCUT2D eigenvalue weighted by atomic mass is 10.3. The third-order valence-electron chi connectivity index (χ3n) is 2.47. The second-order valence-corrected chi connectivity index (χ2v) is 3.80. The molecule has 0 radical (unpaired) electrons. The average molecular weight is 271 g/mol. The predicted molar refractivity (Wildman–Crippen MR) is 69.0 cm³/mol. The molecule has 19 heavy (non-hydrogen) atoms. The van der Waals surface area contributed by atoms with Crippen LogP contribution in [-0.4, -0.2) is 53.4 Å². The minimum absolute atomic E-state index is 0.0431. The van der Waals surface area contributed by atoms with Gasteiger partial charge in [0.25, 0.3) is 0 Å². The zero-order valence-electron chi connectivity index (χ0n) is 10.9. The van der Waals surface area contributed by atoms with Crippen LogP contribution in [0, 0.1) is 17.0 Å². The number of hydrogen-bond donors (Lipinski definition) is 2. The van der Waals surface area contributed by atoms with Crippen LogP contribution in [0.4, 0.5) is 17.5 Å². The smallest absolute Gasteiger partial charge is 0.332 e. The number of nitro groups is 1. The molecule has 9 heteroatoms. The Morgan fingerprint density at radius 2 is 2.16 bits per heavy atom. The number of aliphatic hydroxyl groups is 1. The maximum Gasteiger partial charge on any atom is 0.332 e. The van der Waals surface area contributed by atoms with Crippen LogP contribution in [0.15, 0.2) is 0 Å². The van der Waals surface area contributed by atoms with Gasteiger partial charge in [-0.15, -0.1) is 0 Å². The number of aliphatic hydroxyl groups excluding tert-OH is 1. The Kier molecular flexibility index (Phi) is 5.39. The van der Waals surface area contributed by atoms with Crippen molar-refractivity contribution in [3.05, 3.63) is 15.8 Å². The van der Waals surface area contributed by atoms with Crippen molar-refractivity contribution in [1.82, 2.24) is 9.97 Å². The largest absolute Gasteiger partial charge is 0.395 e. The molecule has 0 bridgehead atoms. The number of rotatable bonds is 7. The zero-order chi connectivity index (χ0) is 14.4. The highest BCUT2D eigenvalue weighted by molar-refractivity contribution is 5.62. The molecule has 0 aliphatic carbocycles. The van der Waals surface area contributed by atoms with Gasteiger partial charge in [0, 0.05) is 20.2 Å². The molecule has 0 unspecified atom stereocenters. The van der Waals surface area contributed by atoms with E-state index in [2.05, 4.69) is 9.97 Å². The van der Waals surface area contributed by atoms with E-state index in [1.807, 2.05) is 0 Å². The number of aromatic nitrogens is 2. The van der Waals surface area contributed by atoms with E-state index >= 15 is 0 Å². The zero-order valence-corrected chi connectivity index (χ0v) is 10.9. The number of nitrogens with two attached hydrogens (primary N) is 1. The SMILES string of the molecule is COCCN(CCO)c1nc(N)nc(C)c1[N+](=O)[O-]. The summed E-state index contributed by atoms with van der Waals surface area (Å²) in [7, 11) is 1.52. The van der Waals surface area contributed by atoms with Crippen molar-refractivity contribution in [2.24, 2.45) is 0 Å². The number of anilines is 2. The van der Waals surface area contributed by atoms with E-state index in [4.69, 9.17) is 15.6 Å². The molecule has 0 aromatic carbocycles. The van der Waals surface area contributed by atoms with Gasteiger partial charge in [-0.3, -0.25) is 10.1 Å². The molecular weight excluding hydrogens is 254 g/mol. The summed E-state index contributed by atoms with van der Waals surface area (Å²) in [5.74, 6) is 0.0551. The molecule has 9 nitrogen and oxygen atoms in total. The van der Waals surface area contributed by atoms with Gasteiger partial charge in [0.05, 0.1) is 18.1 Å². The van der Waals surface area contributed by atoms with Crippen LogP contribution >= 0.6 is 0 Å². The summed E-state index contributed by atoms with van der Waals surface area (Å²) in [6.45, 7) is 2.23. The van der Waals surface area contributed by atoms with E-state index in [1.165, 1.54) is 14.0 Å². The molecule has 0 aliphatic rings. The van der Waals surface area contributed by atoms with E-state index in [0.717, 1.165) is 0 Å². The lowest BCUT2D eigenvalue weighted by Gasteiger charge is -2.22. The molecule has 1 aromatic heterocycles. The summed E-state index contributed by atoms with van der Waals surface area (Å²) in [5, 5.41) is 20.1. The van der Waals surface area contributed by atoms with Crippen LogP contribution < -0.4 is 10.6 Å². The van der Waals surface area contributed by atoms with Crippen molar-refractivity contribution >= 4 is 17.5 Å². The summed E-state index contributed by atoms with van der Waals surface area (Å²) in [6, 6.07) is 0. The Labute approximate surface area is 110 Å². The molecule has 0 saturated heterocycles. The van der Waals surface area contributed by atoms with Crippen molar-refractivity contribution in [3.63, 3.8) is 0 Å². The Morgan fingerprint density at radius 3 is 2.68 bits per heavy atom. The first-order valence-corrected chi connectivity index (χ1v) is 5.64. The summed E-state index contributed by atoms with van der Waals surface area (Å²) < 4.78 is 4.93. The topological polar surface area (TPSA) is 128 Å². The maximum absolute atomic E-state index is 11.1. The van der Waals surface area contributed by atoms with Gasteiger partial charge < -0.3 is 20.5 Å². The molecule has 0 aliphatic heterocycles. The molecule has 0 spiro atoms. The third kappa shape index (κ3) is 3.73. The molecule has 1 aromatic rings. The standard InChI is InChI=1S/C10H17N5O4/c1-7-8(15(17)18)9(13-10(11)12-7)14(3-5-16)4-6-19-2/h16H,3-6H2,1-2H3,(H2,11,12,13). The molecule has 1 rings (SSSR count). The fraction of sp³-hybridized carbons (Fsp3) is 0.600. The highest BCUT2D eigenvalue weighted by atomic mass is 16.6. The van der Waals surface area contributed by atoms with E-state index in [-0.39, 0.29) is 36.3 Å². The van der Waals surface area contributed by atoms with Gasteiger partial charge in [0.1, 0.15) is 5.69 Å². The van der Waals surface area contributed by atoms with Crippen molar-refractivity contribution in [2.75, 3.05) is 44.0 Å². The van der Waals surface area contributed by atoms with E-state index < -0.39 is 4.92 Å². The average Bonchev–Trinajstić information content (AvgIpc) is 2.32. The van der Waals surface area contributed by atoms with Gasteiger partial charge in [-0.05, 0) is 6.92 Å². The highest BCUT2D eigenvalue weighted by Crippen LogP contribution is 2.28. The van der Waals surface area contributed by atoms with E-state index in [9.17, 15) is 10.1 Å². The number of hydrogen-bond acceptors (Lipinski definition) is 8. The lowest BCUT2D eigenvalue weighted by molar-refractivity contribution is -0.385. The molecule has 0 fully saturated rings. The summed E-state index contributed by atoms with van der Waals surface area (Å²) >= 11 is 0. The number of nitrogen functional groups attached to an aromatic ring is 1. The lowest BCUT2D eigenvalue weighted by Crippen LogP contribution is -2.32.